The maximum atomic E-state index is 14.1. The highest BCUT2D eigenvalue weighted by Crippen LogP contribution is 2.55. The van der Waals surface area contributed by atoms with Crippen LogP contribution in [0.1, 0.15) is 39.9 Å². The van der Waals surface area contributed by atoms with Gasteiger partial charge in [-0.15, -0.1) is 0 Å². The van der Waals surface area contributed by atoms with Gasteiger partial charge in [-0.1, -0.05) is 30.3 Å². The number of anilines is 1. The van der Waals surface area contributed by atoms with Crippen molar-refractivity contribution in [1.29, 1.82) is 0 Å². The first-order valence-corrected chi connectivity index (χ1v) is 12.6. The van der Waals surface area contributed by atoms with Gasteiger partial charge in [0, 0.05) is 36.0 Å². The molecule has 1 saturated heterocycles. The van der Waals surface area contributed by atoms with Gasteiger partial charge in [0.05, 0.1) is 12.6 Å². The van der Waals surface area contributed by atoms with Crippen molar-refractivity contribution < 1.29 is 28.5 Å². The number of ether oxygens (including phenoxy) is 4. The second-order valence-corrected chi connectivity index (χ2v) is 9.85. The lowest BCUT2D eigenvalue weighted by Crippen LogP contribution is -2.42. The number of carbonyl (C=O) groups is 2. The number of hydrogen-bond donors (Lipinski definition) is 1. The summed E-state index contributed by atoms with van der Waals surface area (Å²) >= 11 is 0. The van der Waals surface area contributed by atoms with Gasteiger partial charge in [-0.3, -0.25) is 9.59 Å². The third-order valence-corrected chi connectivity index (χ3v) is 7.71. The largest absolute Gasteiger partial charge is 0.491 e. The van der Waals surface area contributed by atoms with E-state index in [0.717, 1.165) is 41.8 Å². The van der Waals surface area contributed by atoms with E-state index in [2.05, 4.69) is 5.32 Å². The van der Waals surface area contributed by atoms with E-state index in [1.807, 2.05) is 53.4 Å². The summed E-state index contributed by atoms with van der Waals surface area (Å²) in [6.45, 7) is 2.05. The van der Waals surface area contributed by atoms with E-state index in [9.17, 15) is 9.59 Å². The number of rotatable bonds is 5. The van der Waals surface area contributed by atoms with Gasteiger partial charge >= 0.3 is 0 Å². The predicted molar refractivity (Wildman–Crippen MR) is 134 cm³/mol. The molecule has 7 rings (SSSR count). The minimum atomic E-state index is -0.935. The molecule has 1 spiro atoms. The molecule has 8 heteroatoms. The Hall–Kier alpha value is -4.04. The van der Waals surface area contributed by atoms with E-state index in [0.29, 0.717) is 35.9 Å². The number of nitrogens with one attached hydrogen (secondary N) is 1. The van der Waals surface area contributed by atoms with Crippen molar-refractivity contribution in [2.75, 3.05) is 31.5 Å². The highest BCUT2D eigenvalue weighted by molar-refractivity contribution is 6.11. The average Bonchev–Trinajstić information content (AvgIpc) is 3.72. The Labute approximate surface area is 214 Å². The van der Waals surface area contributed by atoms with Crippen LogP contribution in [0.4, 0.5) is 5.69 Å². The van der Waals surface area contributed by atoms with Crippen molar-refractivity contribution in [2.45, 2.75) is 30.9 Å². The molecule has 0 aromatic heterocycles. The van der Waals surface area contributed by atoms with Crippen molar-refractivity contribution in [3.05, 3.63) is 82.9 Å². The summed E-state index contributed by atoms with van der Waals surface area (Å²) in [7, 11) is 0. The molecule has 0 aliphatic carbocycles. The van der Waals surface area contributed by atoms with Crippen molar-refractivity contribution in [3.8, 4) is 17.2 Å². The SMILES string of the molecule is O=C(NCC1CCCO1)c1ccc(CN2C(=O)C3(COc4cc5c(cc43)OCO5)c3ccccc32)cc1. The maximum Gasteiger partial charge on any atom is 0.251 e. The Bertz CT molecular complexity index is 1400. The molecule has 188 valence electrons. The minimum absolute atomic E-state index is 0.0373. The first-order valence-electron chi connectivity index (χ1n) is 12.6. The molecule has 2 atom stereocenters. The lowest BCUT2D eigenvalue weighted by Gasteiger charge is -2.23. The number of fused-ring (bicyclic) bond motifs is 5. The summed E-state index contributed by atoms with van der Waals surface area (Å²) in [4.78, 5) is 28.5. The molecule has 3 aromatic carbocycles. The minimum Gasteiger partial charge on any atom is -0.491 e. The zero-order chi connectivity index (χ0) is 25.0. The quantitative estimate of drug-likeness (QED) is 0.579. The van der Waals surface area contributed by atoms with Crippen LogP contribution in [0.3, 0.4) is 0 Å². The van der Waals surface area contributed by atoms with E-state index in [1.165, 1.54) is 0 Å². The summed E-state index contributed by atoms with van der Waals surface area (Å²) in [5.74, 6) is 1.74. The highest BCUT2D eigenvalue weighted by Gasteiger charge is 2.57. The number of carbonyl (C=O) groups excluding carboxylic acids is 2. The first kappa shape index (κ1) is 22.2. The molecule has 3 aromatic rings. The third kappa shape index (κ3) is 3.47. The fraction of sp³-hybridized carbons (Fsp3) is 0.310. The van der Waals surface area contributed by atoms with E-state index in [4.69, 9.17) is 18.9 Å². The molecule has 4 aliphatic heterocycles. The summed E-state index contributed by atoms with van der Waals surface area (Å²) in [6, 6.07) is 19.0. The molecule has 0 saturated carbocycles. The molecule has 0 bridgehead atoms. The van der Waals surface area contributed by atoms with Gasteiger partial charge in [0.1, 0.15) is 17.8 Å². The van der Waals surface area contributed by atoms with E-state index in [-0.39, 0.29) is 31.3 Å². The Balaban J connectivity index is 1.15. The fourth-order valence-corrected chi connectivity index (χ4v) is 5.78. The predicted octanol–water partition coefficient (Wildman–Crippen LogP) is 3.55. The van der Waals surface area contributed by atoms with E-state index >= 15 is 0 Å². The third-order valence-electron chi connectivity index (χ3n) is 7.71. The van der Waals surface area contributed by atoms with Crippen LogP contribution in [0.2, 0.25) is 0 Å². The molecule has 37 heavy (non-hydrogen) atoms. The Morgan fingerprint density at radius 3 is 2.59 bits per heavy atom. The zero-order valence-electron chi connectivity index (χ0n) is 20.2. The zero-order valence-corrected chi connectivity index (χ0v) is 20.2. The number of amides is 2. The monoisotopic (exact) mass is 498 g/mol. The summed E-state index contributed by atoms with van der Waals surface area (Å²) < 4.78 is 22.7. The summed E-state index contributed by atoms with van der Waals surface area (Å²) in [5, 5.41) is 2.95. The van der Waals surface area contributed by atoms with Crippen LogP contribution in [0.25, 0.3) is 0 Å². The first-order chi connectivity index (χ1) is 18.1. The van der Waals surface area contributed by atoms with Crippen molar-refractivity contribution >= 4 is 17.5 Å². The lowest BCUT2D eigenvalue weighted by atomic mass is 9.77. The van der Waals surface area contributed by atoms with Crippen molar-refractivity contribution in [1.82, 2.24) is 5.32 Å². The van der Waals surface area contributed by atoms with Gasteiger partial charge in [0.25, 0.3) is 5.91 Å². The van der Waals surface area contributed by atoms with E-state index in [1.54, 1.807) is 12.1 Å². The molecule has 0 radical (unpaired) electrons. The molecule has 4 heterocycles. The van der Waals surface area contributed by atoms with Gasteiger partial charge in [0.2, 0.25) is 12.7 Å². The molecular weight excluding hydrogens is 472 g/mol. The van der Waals surface area contributed by atoms with Gasteiger partial charge < -0.3 is 29.2 Å². The summed E-state index contributed by atoms with van der Waals surface area (Å²) in [5.41, 5.74) is 3.16. The second kappa shape index (κ2) is 8.52. The van der Waals surface area contributed by atoms with Gasteiger partial charge in [-0.25, -0.2) is 0 Å². The number of hydrogen-bond acceptors (Lipinski definition) is 6. The standard InChI is InChI=1S/C29H26N2O6/c32-27(30-14-20-4-3-11-34-20)19-9-7-18(8-10-19)15-31-23-6-2-1-5-21(23)29(28(31)33)16-35-24-13-26-25(12-22(24)29)36-17-37-26/h1-2,5-10,12-13,20H,3-4,11,14-17H2,(H,30,32). The van der Waals surface area contributed by atoms with Crippen LogP contribution in [0.15, 0.2) is 60.7 Å². The molecule has 4 aliphatic rings. The van der Waals surface area contributed by atoms with Crippen LogP contribution in [-0.2, 0) is 21.5 Å². The Kier molecular flexibility index (Phi) is 5.11. The molecule has 2 unspecified atom stereocenters. The Morgan fingerprint density at radius 2 is 1.78 bits per heavy atom. The summed E-state index contributed by atoms with van der Waals surface area (Å²) in [6.07, 6.45) is 2.11. The van der Waals surface area contributed by atoms with E-state index < -0.39 is 5.41 Å². The topological polar surface area (TPSA) is 86.3 Å². The fourth-order valence-electron chi connectivity index (χ4n) is 5.78. The average molecular weight is 499 g/mol. The van der Waals surface area contributed by atoms with Gasteiger partial charge in [-0.2, -0.15) is 0 Å². The van der Waals surface area contributed by atoms with Crippen LogP contribution in [0, 0.1) is 0 Å². The van der Waals surface area contributed by atoms with Gasteiger partial charge in [0.15, 0.2) is 11.5 Å². The normalized spacial score (nSPS) is 22.8. The number of benzene rings is 3. The lowest BCUT2D eigenvalue weighted by molar-refractivity contribution is -0.122. The van der Waals surface area contributed by atoms with Crippen molar-refractivity contribution in [2.24, 2.45) is 0 Å². The molecule has 8 nitrogen and oxygen atoms in total. The highest BCUT2D eigenvalue weighted by atomic mass is 16.7. The Morgan fingerprint density at radius 1 is 0.973 bits per heavy atom. The van der Waals surface area contributed by atoms with Gasteiger partial charge in [-0.05, 0) is 48.2 Å². The molecular formula is C29H26N2O6. The number of para-hydroxylation sites is 1. The number of nitrogens with zero attached hydrogens (tertiary/aromatic N) is 1. The van der Waals surface area contributed by atoms with Crippen molar-refractivity contribution in [3.63, 3.8) is 0 Å². The smallest absolute Gasteiger partial charge is 0.251 e. The van der Waals surface area contributed by atoms with Crippen LogP contribution >= 0.6 is 0 Å². The molecule has 1 fully saturated rings. The molecule has 1 N–H and O–H groups in total. The van der Waals surface area contributed by atoms with Crippen LogP contribution in [0.5, 0.6) is 17.2 Å². The van der Waals surface area contributed by atoms with Crippen LogP contribution < -0.4 is 24.4 Å². The van der Waals surface area contributed by atoms with Crippen LogP contribution in [-0.4, -0.2) is 44.5 Å². The maximum absolute atomic E-state index is 14.1. The second-order valence-electron chi connectivity index (χ2n) is 9.85. The molecule has 2 amide bonds.